The van der Waals surface area contributed by atoms with Crippen molar-refractivity contribution < 1.29 is 14.3 Å². The van der Waals surface area contributed by atoms with Crippen LogP contribution in [0.4, 0.5) is 0 Å². The third-order valence-corrected chi connectivity index (χ3v) is 5.16. The molecule has 0 spiro atoms. The summed E-state index contributed by atoms with van der Waals surface area (Å²) in [5.41, 5.74) is 1.84. The third kappa shape index (κ3) is 6.06. The molecule has 144 valence electrons. The topological polar surface area (TPSA) is 47.6 Å². The Morgan fingerprint density at radius 2 is 1.57 bits per heavy atom. The molecule has 4 nitrogen and oxygen atoms in total. The Kier molecular flexibility index (Phi) is 7.38. The van der Waals surface area contributed by atoms with E-state index >= 15 is 0 Å². The van der Waals surface area contributed by atoms with Crippen LogP contribution in [0, 0.1) is 0 Å². The minimum absolute atomic E-state index is 0.0967. The number of thioether (sulfide) groups is 1. The van der Waals surface area contributed by atoms with E-state index < -0.39 is 0 Å². The molecule has 0 aliphatic heterocycles. The van der Waals surface area contributed by atoms with Crippen molar-refractivity contribution in [3.05, 3.63) is 90.0 Å². The zero-order valence-electron chi connectivity index (χ0n) is 15.8. The van der Waals surface area contributed by atoms with Gasteiger partial charge in [-0.25, -0.2) is 0 Å². The van der Waals surface area contributed by atoms with Crippen LogP contribution in [0.1, 0.15) is 15.9 Å². The molecule has 1 N–H and O–H groups in total. The fourth-order valence-corrected chi connectivity index (χ4v) is 3.42. The lowest BCUT2D eigenvalue weighted by molar-refractivity contribution is 0.0947. The van der Waals surface area contributed by atoms with E-state index in [-0.39, 0.29) is 5.91 Å². The van der Waals surface area contributed by atoms with Crippen molar-refractivity contribution in [3.8, 4) is 11.5 Å². The van der Waals surface area contributed by atoms with Gasteiger partial charge in [-0.15, -0.1) is 11.8 Å². The molecule has 0 aliphatic carbocycles. The maximum atomic E-state index is 12.2. The molecule has 0 radical (unpaired) electrons. The van der Waals surface area contributed by atoms with Gasteiger partial charge < -0.3 is 14.8 Å². The van der Waals surface area contributed by atoms with Gasteiger partial charge in [-0.1, -0.05) is 30.3 Å². The highest BCUT2D eigenvalue weighted by atomic mass is 32.2. The van der Waals surface area contributed by atoms with Crippen molar-refractivity contribution in [2.24, 2.45) is 0 Å². The lowest BCUT2D eigenvalue weighted by atomic mass is 10.1. The first-order valence-corrected chi connectivity index (χ1v) is 10.0. The van der Waals surface area contributed by atoms with Crippen molar-refractivity contribution in [1.82, 2.24) is 5.32 Å². The van der Waals surface area contributed by atoms with Crippen molar-refractivity contribution in [1.29, 1.82) is 0 Å². The number of benzene rings is 3. The first-order valence-electron chi connectivity index (χ1n) is 9.06. The van der Waals surface area contributed by atoms with Crippen LogP contribution in [0.5, 0.6) is 11.5 Å². The highest BCUT2D eigenvalue weighted by molar-refractivity contribution is 7.98. The second kappa shape index (κ2) is 10.4. The second-order valence-electron chi connectivity index (χ2n) is 6.08. The molecule has 0 saturated heterocycles. The van der Waals surface area contributed by atoms with E-state index in [0.29, 0.717) is 18.7 Å². The zero-order valence-corrected chi connectivity index (χ0v) is 16.6. The van der Waals surface area contributed by atoms with Crippen molar-refractivity contribution in [2.45, 2.75) is 10.6 Å². The number of ether oxygens (including phenoxy) is 2. The number of amides is 1. The lowest BCUT2D eigenvalue weighted by Gasteiger charge is -2.09. The van der Waals surface area contributed by atoms with E-state index in [9.17, 15) is 4.79 Å². The molecule has 3 rings (SSSR count). The number of nitrogens with one attached hydrogen (secondary N) is 1. The summed E-state index contributed by atoms with van der Waals surface area (Å²) >= 11 is 1.78. The predicted octanol–water partition coefficient (Wildman–Crippen LogP) is 4.80. The number of rotatable bonds is 9. The van der Waals surface area contributed by atoms with Gasteiger partial charge in [0.15, 0.2) is 0 Å². The Balaban J connectivity index is 1.40. The average molecular weight is 394 g/mol. The number of carbonyl (C=O) groups excluding carboxylic acids is 1. The van der Waals surface area contributed by atoms with Crippen molar-refractivity contribution in [3.63, 3.8) is 0 Å². The molecule has 5 heteroatoms. The summed E-state index contributed by atoms with van der Waals surface area (Å²) in [5.74, 6) is 2.31. The lowest BCUT2D eigenvalue weighted by Crippen LogP contribution is -2.28. The van der Waals surface area contributed by atoms with Gasteiger partial charge in [0.05, 0.1) is 13.7 Å². The van der Waals surface area contributed by atoms with Gasteiger partial charge >= 0.3 is 0 Å². The van der Waals surface area contributed by atoms with Gasteiger partial charge in [0, 0.05) is 16.2 Å². The quantitative estimate of drug-likeness (QED) is 0.419. The zero-order chi connectivity index (χ0) is 19.6. The number of hydrogen-bond acceptors (Lipinski definition) is 4. The monoisotopic (exact) mass is 393 g/mol. The van der Waals surface area contributed by atoms with Gasteiger partial charge in [-0.3, -0.25) is 4.79 Å². The molecular weight excluding hydrogens is 370 g/mol. The summed E-state index contributed by atoms with van der Waals surface area (Å²) in [5, 5.41) is 2.88. The summed E-state index contributed by atoms with van der Waals surface area (Å²) in [7, 11) is 1.63. The minimum Gasteiger partial charge on any atom is -0.497 e. The number of hydrogen-bond donors (Lipinski definition) is 1. The molecule has 28 heavy (non-hydrogen) atoms. The van der Waals surface area contributed by atoms with Crippen LogP contribution in [0.2, 0.25) is 0 Å². The second-order valence-corrected chi connectivity index (χ2v) is 7.13. The molecular formula is C23H23NO3S. The van der Waals surface area contributed by atoms with Gasteiger partial charge in [-0.2, -0.15) is 0 Å². The fourth-order valence-electron chi connectivity index (χ4n) is 2.54. The van der Waals surface area contributed by atoms with Crippen LogP contribution >= 0.6 is 11.8 Å². The summed E-state index contributed by atoms with van der Waals surface area (Å²) in [6, 6.07) is 25.4. The van der Waals surface area contributed by atoms with Crippen LogP contribution in [0.3, 0.4) is 0 Å². The SMILES string of the molecule is COc1ccc(OCCNC(=O)c2ccc(CSc3ccccc3)cc2)cc1. The summed E-state index contributed by atoms with van der Waals surface area (Å²) in [4.78, 5) is 13.5. The normalized spacial score (nSPS) is 10.3. The van der Waals surface area contributed by atoms with Crippen LogP contribution in [-0.4, -0.2) is 26.2 Å². The minimum atomic E-state index is -0.0967. The number of methoxy groups -OCH3 is 1. The Hall–Kier alpha value is -2.92. The smallest absolute Gasteiger partial charge is 0.251 e. The van der Waals surface area contributed by atoms with Gasteiger partial charge in [0.2, 0.25) is 0 Å². The van der Waals surface area contributed by atoms with E-state index in [1.165, 1.54) is 10.5 Å². The van der Waals surface area contributed by atoms with E-state index in [1.54, 1.807) is 18.9 Å². The third-order valence-electron chi connectivity index (χ3n) is 4.08. The number of carbonyl (C=O) groups is 1. The van der Waals surface area contributed by atoms with Crippen molar-refractivity contribution in [2.75, 3.05) is 20.3 Å². The molecule has 0 aromatic heterocycles. The maximum absolute atomic E-state index is 12.2. The average Bonchev–Trinajstić information content (AvgIpc) is 2.76. The van der Waals surface area contributed by atoms with E-state index in [0.717, 1.165) is 17.3 Å². The van der Waals surface area contributed by atoms with E-state index in [2.05, 4.69) is 17.4 Å². The fraction of sp³-hybridized carbons (Fsp3) is 0.174. The van der Waals surface area contributed by atoms with Crippen LogP contribution in [0.25, 0.3) is 0 Å². The Morgan fingerprint density at radius 1 is 0.893 bits per heavy atom. The van der Waals surface area contributed by atoms with Gasteiger partial charge in [-0.05, 0) is 54.1 Å². The first kappa shape index (κ1) is 19.8. The highest BCUT2D eigenvalue weighted by Gasteiger charge is 2.05. The Morgan fingerprint density at radius 3 is 2.25 bits per heavy atom. The Bertz CT molecular complexity index is 865. The van der Waals surface area contributed by atoms with E-state index in [1.807, 2.05) is 66.7 Å². The summed E-state index contributed by atoms with van der Waals surface area (Å²) in [6.45, 7) is 0.848. The molecule has 1 amide bonds. The molecule has 3 aromatic rings. The Labute approximate surface area is 169 Å². The summed E-state index contributed by atoms with van der Waals surface area (Å²) < 4.78 is 10.7. The molecule has 0 atom stereocenters. The standard InChI is InChI=1S/C23H23NO3S/c1-26-20-11-13-21(14-12-20)27-16-15-24-23(25)19-9-7-18(8-10-19)17-28-22-5-3-2-4-6-22/h2-14H,15-17H2,1H3,(H,24,25). The molecule has 0 heterocycles. The van der Waals surface area contributed by atoms with Crippen LogP contribution < -0.4 is 14.8 Å². The predicted molar refractivity (Wildman–Crippen MR) is 113 cm³/mol. The van der Waals surface area contributed by atoms with Crippen LogP contribution in [0.15, 0.2) is 83.8 Å². The van der Waals surface area contributed by atoms with E-state index in [4.69, 9.17) is 9.47 Å². The van der Waals surface area contributed by atoms with Crippen LogP contribution in [-0.2, 0) is 5.75 Å². The first-order chi connectivity index (χ1) is 13.7. The molecule has 0 unspecified atom stereocenters. The maximum Gasteiger partial charge on any atom is 0.251 e. The highest BCUT2D eigenvalue weighted by Crippen LogP contribution is 2.22. The molecule has 0 aliphatic rings. The van der Waals surface area contributed by atoms with Crippen molar-refractivity contribution >= 4 is 17.7 Å². The van der Waals surface area contributed by atoms with Gasteiger partial charge in [0.25, 0.3) is 5.91 Å². The molecule has 0 saturated carbocycles. The van der Waals surface area contributed by atoms with Gasteiger partial charge in [0.1, 0.15) is 18.1 Å². The molecule has 0 bridgehead atoms. The molecule has 3 aromatic carbocycles. The largest absolute Gasteiger partial charge is 0.497 e. The summed E-state index contributed by atoms with van der Waals surface area (Å²) in [6.07, 6.45) is 0. The molecule has 0 fully saturated rings.